The first-order chi connectivity index (χ1) is 7.20. The minimum absolute atomic E-state index is 0.665. The Kier molecular flexibility index (Phi) is 3.14. The van der Waals surface area contributed by atoms with Crippen molar-refractivity contribution in [3.8, 4) is 0 Å². The second-order valence-corrected chi connectivity index (χ2v) is 5.13. The van der Waals surface area contributed by atoms with Crippen molar-refractivity contribution in [1.82, 2.24) is 0 Å². The highest BCUT2D eigenvalue weighted by Crippen LogP contribution is 2.29. The molecular weight excluding hydrogens is 180 g/mol. The predicted octanol–water partition coefficient (Wildman–Crippen LogP) is 4.39. The average molecular weight is 202 g/mol. The minimum Gasteiger partial charge on any atom is -0.0587 e. The van der Waals surface area contributed by atoms with Gasteiger partial charge in [0, 0.05) is 0 Å². The number of aryl methyl sites for hydroxylation is 1. The fourth-order valence-electron chi connectivity index (χ4n) is 2.83. The average Bonchev–Trinajstić information content (AvgIpc) is 2.43. The summed E-state index contributed by atoms with van der Waals surface area (Å²) in [6, 6.07) is 4.73. The molecule has 0 heteroatoms. The summed E-state index contributed by atoms with van der Waals surface area (Å²) in [5.74, 6) is 0.665. The Morgan fingerprint density at radius 3 is 2.47 bits per heavy atom. The summed E-state index contributed by atoms with van der Waals surface area (Å²) in [5, 5.41) is 0. The molecule has 1 aromatic rings. The lowest BCUT2D eigenvalue weighted by molar-refractivity contribution is 0.711. The summed E-state index contributed by atoms with van der Waals surface area (Å²) in [7, 11) is 0. The van der Waals surface area contributed by atoms with Crippen LogP contribution in [0.3, 0.4) is 0 Å². The maximum absolute atomic E-state index is 2.38. The molecule has 1 aliphatic carbocycles. The summed E-state index contributed by atoms with van der Waals surface area (Å²) >= 11 is 0. The van der Waals surface area contributed by atoms with Crippen molar-refractivity contribution in [2.24, 2.45) is 0 Å². The van der Waals surface area contributed by atoms with Gasteiger partial charge >= 0.3 is 0 Å². The third kappa shape index (κ3) is 2.09. The molecule has 0 radical (unpaired) electrons. The highest BCUT2D eigenvalue weighted by molar-refractivity contribution is 5.42. The largest absolute Gasteiger partial charge is 0.0587 e. The van der Waals surface area contributed by atoms with Gasteiger partial charge in [-0.3, -0.25) is 0 Å². The molecule has 0 saturated carbocycles. The zero-order chi connectivity index (χ0) is 10.8. The van der Waals surface area contributed by atoms with Gasteiger partial charge in [0.25, 0.3) is 0 Å². The van der Waals surface area contributed by atoms with E-state index < -0.39 is 0 Å². The molecule has 0 unspecified atom stereocenters. The van der Waals surface area contributed by atoms with E-state index in [4.69, 9.17) is 0 Å². The van der Waals surface area contributed by atoms with Gasteiger partial charge in [0.15, 0.2) is 0 Å². The Bertz CT molecular complexity index is 347. The monoisotopic (exact) mass is 202 g/mol. The topological polar surface area (TPSA) is 0 Å². The van der Waals surface area contributed by atoms with Crippen molar-refractivity contribution < 1.29 is 0 Å². The molecule has 0 nitrogen and oxygen atoms in total. The zero-order valence-electron chi connectivity index (χ0n) is 10.3. The van der Waals surface area contributed by atoms with Crippen LogP contribution in [0.5, 0.6) is 0 Å². The van der Waals surface area contributed by atoms with Gasteiger partial charge in [-0.05, 0) is 60.8 Å². The van der Waals surface area contributed by atoms with Crippen molar-refractivity contribution in [3.05, 3.63) is 34.4 Å². The smallest absolute Gasteiger partial charge is 0.0216 e. The molecule has 0 saturated heterocycles. The fraction of sp³-hybridized carbons (Fsp3) is 0.600. The van der Waals surface area contributed by atoms with Gasteiger partial charge in [0.05, 0.1) is 0 Å². The first kappa shape index (κ1) is 10.7. The number of hydrogen-bond acceptors (Lipinski definition) is 0. The summed E-state index contributed by atoms with van der Waals surface area (Å²) < 4.78 is 0. The van der Waals surface area contributed by atoms with Gasteiger partial charge in [-0.2, -0.15) is 0 Å². The van der Waals surface area contributed by atoms with Crippen LogP contribution in [0.2, 0.25) is 0 Å². The van der Waals surface area contributed by atoms with E-state index in [9.17, 15) is 0 Å². The Hall–Kier alpha value is -0.780. The first-order valence-electron chi connectivity index (χ1n) is 6.31. The van der Waals surface area contributed by atoms with Crippen molar-refractivity contribution >= 4 is 0 Å². The number of fused-ring (bicyclic) bond motifs is 1. The van der Waals surface area contributed by atoms with Gasteiger partial charge in [0.2, 0.25) is 0 Å². The first-order valence-corrected chi connectivity index (χ1v) is 6.31. The van der Waals surface area contributed by atoms with E-state index in [1.807, 2.05) is 0 Å². The van der Waals surface area contributed by atoms with Gasteiger partial charge in [-0.25, -0.2) is 0 Å². The Morgan fingerprint density at radius 2 is 1.73 bits per heavy atom. The molecule has 0 spiro atoms. The van der Waals surface area contributed by atoms with Crippen LogP contribution < -0.4 is 0 Å². The molecule has 0 heterocycles. The highest BCUT2D eigenvalue weighted by atomic mass is 14.2. The van der Waals surface area contributed by atoms with Gasteiger partial charge in [0.1, 0.15) is 0 Å². The molecule has 0 atom stereocenters. The molecule has 15 heavy (non-hydrogen) atoms. The second-order valence-electron chi connectivity index (χ2n) is 5.13. The van der Waals surface area contributed by atoms with E-state index in [0.717, 1.165) is 0 Å². The molecular formula is C15H22. The molecule has 1 aliphatic rings. The van der Waals surface area contributed by atoms with Crippen LogP contribution in [0.1, 0.15) is 61.3 Å². The Morgan fingerprint density at radius 1 is 1.00 bits per heavy atom. The van der Waals surface area contributed by atoms with Gasteiger partial charge in [-0.1, -0.05) is 32.4 Å². The van der Waals surface area contributed by atoms with E-state index in [1.165, 1.54) is 32.1 Å². The van der Waals surface area contributed by atoms with Crippen LogP contribution in [0.25, 0.3) is 0 Å². The maximum Gasteiger partial charge on any atom is -0.0216 e. The van der Waals surface area contributed by atoms with Crippen molar-refractivity contribution in [1.29, 1.82) is 0 Å². The second kappa shape index (κ2) is 4.38. The van der Waals surface area contributed by atoms with E-state index >= 15 is 0 Å². The minimum atomic E-state index is 0.665. The number of hydrogen-bond donors (Lipinski definition) is 0. The lowest BCUT2D eigenvalue weighted by Gasteiger charge is -2.16. The Labute approximate surface area is 93.7 Å². The van der Waals surface area contributed by atoms with Crippen LogP contribution in [0.15, 0.2) is 12.1 Å². The lowest BCUT2D eigenvalue weighted by atomic mass is 9.89. The summed E-state index contributed by atoms with van der Waals surface area (Å²) in [6.45, 7) is 6.91. The molecule has 1 aromatic carbocycles. The predicted molar refractivity (Wildman–Crippen MR) is 66.5 cm³/mol. The van der Waals surface area contributed by atoms with Crippen LogP contribution in [0, 0.1) is 6.92 Å². The molecule has 0 aromatic heterocycles. The van der Waals surface area contributed by atoms with Crippen LogP contribution in [0.4, 0.5) is 0 Å². The van der Waals surface area contributed by atoms with E-state index in [1.54, 1.807) is 22.3 Å². The highest BCUT2D eigenvalue weighted by Gasteiger charge is 2.13. The van der Waals surface area contributed by atoms with Gasteiger partial charge < -0.3 is 0 Å². The number of benzene rings is 1. The third-order valence-electron chi connectivity index (χ3n) is 3.73. The van der Waals surface area contributed by atoms with Crippen molar-refractivity contribution in [3.63, 3.8) is 0 Å². The SMILES string of the molecule is Cc1c(C(C)C)ccc2c1CCCCC2. The Balaban J connectivity index is 2.46. The summed E-state index contributed by atoms with van der Waals surface area (Å²) in [4.78, 5) is 0. The van der Waals surface area contributed by atoms with E-state index in [2.05, 4.69) is 32.9 Å². The molecule has 2 rings (SSSR count). The van der Waals surface area contributed by atoms with Gasteiger partial charge in [-0.15, -0.1) is 0 Å². The maximum atomic E-state index is 2.38. The quantitative estimate of drug-likeness (QED) is 0.593. The fourth-order valence-corrected chi connectivity index (χ4v) is 2.83. The summed E-state index contributed by atoms with van der Waals surface area (Å²) in [5.41, 5.74) is 6.41. The number of rotatable bonds is 1. The van der Waals surface area contributed by atoms with Crippen LogP contribution in [-0.2, 0) is 12.8 Å². The van der Waals surface area contributed by atoms with E-state index in [0.29, 0.717) is 5.92 Å². The summed E-state index contributed by atoms with van der Waals surface area (Å²) in [6.07, 6.45) is 6.78. The molecule has 82 valence electrons. The molecule has 0 N–H and O–H groups in total. The third-order valence-corrected chi connectivity index (χ3v) is 3.73. The molecule has 0 fully saturated rings. The molecule has 0 amide bonds. The standard InChI is InChI=1S/C15H22/c1-11(2)14-10-9-13-7-5-4-6-8-15(13)12(14)3/h9-11H,4-8H2,1-3H3. The normalized spacial score (nSPS) is 16.3. The molecule has 0 aliphatic heterocycles. The van der Waals surface area contributed by atoms with Crippen LogP contribution >= 0.6 is 0 Å². The van der Waals surface area contributed by atoms with Crippen LogP contribution in [-0.4, -0.2) is 0 Å². The van der Waals surface area contributed by atoms with E-state index in [-0.39, 0.29) is 0 Å². The zero-order valence-corrected chi connectivity index (χ0v) is 10.3. The van der Waals surface area contributed by atoms with Crippen molar-refractivity contribution in [2.75, 3.05) is 0 Å². The lowest BCUT2D eigenvalue weighted by Crippen LogP contribution is -2.01. The molecule has 0 bridgehead atoms. The van der Waals surface area contributed by atoms with Crippen molar-refractivity contribution in [2.45, 2.75) is 58.8 Å².